The predicted octanol–water partition coefficient (Wildman–Crippen LogP) is 3.07. The zero-order chi connectivity index (χ0) is 16.4. The number of hydrogen-bond acceptors (Lipinski definition) is 6. The van der Waals surface area contributed by atoms with Crippen molar-refractivity contribution in [3.63, 3.8) is 0 Å². The van der Waals surface area contributed by atoms with Crippen molar-refractivity contribution >= 4 is 39.2 Å². The molecule has 1 aromatic carbocycles. The van der Waals surface area contributed by atoms with Gasteiger partial charge in [-0.1, -0.05) is 30.0 Å². The van der Waals surface area contributed by atoms with E-state index >= 15 is 0 Å². The lowest BCUT2D eigenvalue weighted by atomic mass is 10.2. The van der Waals surface area contributed by atoms with Crippen LogP contribution in [-0.2, 0) is 4.79 Å². The number of benzene rings is 1. The van der Waals surface area contributed by atoms with Crippen LogP contribution in [0.4, 0.5) is 0 Å². The van der Waals surface area contributed by atoms with Gasteiger partial charge in [0.1, 0.15) is 6.10 Å². The van der Waals surface area contributed by atoms with Gasteiger partial charge in [0.15, 0.2) is 4.34 Å². The summed E-state index contributed by atoms with van der Waals surface area (Å²) < 4.78 is 7.80. The van der Waals surface area contributed by atoms with E-state index in [1.807, 2.05) is 47.4 Å². The third kappa shape index (κ3) is 3.37. The first-order valence-electron chi connectivity index (χ1n) is 7.62. The van der Waals surface area contributed by atoms with E-state index in [2.05, 4.69) is 9.97 Å². The number of aromatic nitrogens is 2. The maximum atomic E-state index is 12.2. The first kappa shape index (κ1) is 15.4. The Hall–Kier alpha value is -2.12. The zero-order valence-corrected chi connectivity index (χ0v) is 14.4. The van der Waals surface area contributed by atoms with Gasteiger partial charge in [-0.05, 0) is 18.2 Å². The normalized spacial score (nSPS) is 14.6. The molecule has 0 N–H and O–H groups in total. The molecule has 0 unspecified atom stereocenters. The number of carbonyl (C=O) groups is 1. The van der Waals surface area contributed by atoms with Crippen molar-refractivity contribution in [2.45, 2.75) is 10.4 Å². The highest BCUT2D eigenvalue weighted by atomic mass is 32.2. The average molecular weight is 357 g/mol. The van der Waals surface area contributed by atoms with Crippen LogP contribution in [0.2, 0.25) is 0 Å². The second-order valence-corrected chi connectivity index (χ2v) is 7.70. The molecule has 1 aliphatic rings. The van der Waals surface area contributed by atoms with Gasteiger partial charge >= 0.3 is 0 Å². The van der Waals surface area contributed by atoms with Crippen molar-refractivity contribution in [1.29, 1.82) is 0 Å². The monoisotopic (exact) mass is 357 g/mol. The summed E-state index contributed by atoms with van der Waals surface area (Å²) in [6, 6.07) is 13.6. The van der Waals surface area contributed by atoms with E-state index in [4.69, 9.17) is 4.74 Å². The average Bonchev–Trinajstić information content (AvgIpc) is 2.99. The number of thioether (sulfide) groups is 1. The van der Waals surface area contributed by atoms with E-state index in [0.29, 0.717) is 24.7 Å². The molecule has 5 nitrogen and oxygen atoms in total. The molecule has 1 aliphatic heterocycles. The maximum Gasteiger partial charge on any atom is 0.233 e. The second kappa shape index (κ2) is 6.78. The largest absolute Gasteiger partial charge is 0.471 e. The molecule has 1 fully saturated rings. The predicted molar refractivity (Wildman–Crippen MR) is 95.6 cm³/mol. The highest BCUT2D eigenvalue weighted by molar-refractivity contribution is 8.01. The smallest absolute Gasteiger partial charge is 0.233 e. The Morgan fingerprint density at radius 2 is 2.08 bits per heavy atom. The number of thiazole rings is 1. The Morgan fingerprint density at radius 3 is 2.88 bits per heavy atom. The number of rotatable bonds is 5. The number of pyridine rings is 1. The van der Waals surface area contributed by atoms with Gasteiger partial charge < -0.3 is 9.64 Å². The molecule has 4 rings (SSSR count). The molecule has 24 heavy (non-hydrogen) atoms. The maximum absolute atomic E-state index is 12.2. The van der Waals surface area contributed by atoms with E-state index in [-0.39, 0.29) is 12.0 Å². The standard InChI is InChI=1S/C17H15N3O2S2/c21-16(11-23-17-19-13-5-1-2-6-14(13)24-17)20-9-12(10-20)22-15-7-3-4-8-18-15/h1-8,12H,9-11H2. The summed E-state index contributed by atoms with van der Waals surface area (Å²) in [4.78, 5) is 22.7. The SMILES string of the molecule is O=C(CSc1nc2ccccc2s1)N1CC(Oc2ccccn2)C1. The molecule has 0 atom stereocenters. The lowest BCUT2D eigenvalue weighted by Crippen LogP contribution is -2.56. The van der Waals surface area contributed by atoms with E-state index in [1.165, 1.54) is 11.8 Å². The second-order valence-electron chi connectivity index (χ2n) is 5.44. The summed E-state index contributed by atoms with van der Waals surface area (Å²) in [5.74, 6) is 1.15. The third-order valence-electron chi connectivity index (χ3n) is 3.72. The van der Waals surface area contributed by atoms with Gasteiger partial charge in [0, 0.05) is 12.3 Å². The molecule has 3 heterocycles. The van der Waals surface area contributed by atoms with Crippen molar-refractivity contribution < 1.29 is 9.53 Å². The summed E-state index contributed by atoms with van der Waals surface area (Å²) in [5, 5.41) is 0. The number of carbonyl (C=O) groups excluding carboxylic acids is 1. The van der Waals surface area contributed by atoms with Gasteiger partial charge in [-0.3, -0.25) is 4.79 Å². The molecule has 0 spiro atoms. The molecular weight excluding hydrogens is 342 g/mol. The first-order valence-corrected chi connectivity index (χ1v) is 9.42. The highest BCUT2D eigenvalue weighted by Gasteiger charge is 2.32. The Bertz CT molecular complexity index is 814. The Balaban J connectivity index is 1.25. The van der Waals surface area contributed by atoms with Gasteiger partial charge in [-0.25, -0.2) is 9.97 Å². The van der Waals surface area contributed by atoms with E-state index < -0.39 is 0 Å². The minimum absolute atomic E-state index is 0.0382. The number of para-hydroxylation sites is 1. The molecular formula is C17H15N3O2S2. The fraction of sp³-hybridized carbons (Fsp3) is 0.235. The summed E-state index contributed by atoms with van der Waals surface area (Å²) >= 11 is 3.13. The quantitative estimate of drug-likeness (QED) is 0.657. The van der Waals surface area contributed by atoms with Crippen LogP contribution < -0.4 is 4.74 Å². The van der Waals surface area contributed by atoms with Crippen LogP contribution in [0.25, 0.3) is 10.2 Å². The molecule has 0 bridgehead atoms. The minimum Gasteiger partial charge on any atom is -0.471 e. The molecule has 2 aromatic heterocycles. The Morgan fingerprint density at radius 1 is 1.25 bits per heavy atom. The van der Waals surface area contributed by atoms with Crippen molar-refractivity contribution in [2.75, 3.05) is 18.8 Å². The summed E-state index contributed by atoms with van der Waals surface area (Å²) in [7, 11) is 0. The topological polar surface area (TPSA) is 55.3 Å². The van der Waals surface area contributed by atoms with Crippen LogP contribution >= 0.6 is 23.1 Å². The zero-order valence-electron chi connectivity index (χ0n) is 12.8. The summed E-state index contributed by atoms with van der Waals surface area (Å²) in [6.45, 7) is 1.24. The van der Waals surface area contributed by atoms with Crippen LogP contribution in [-0.4, -0.2) is 45.7 Å². The lowest BCUT2D eigenvalue weighted by molar-refractivity contribution is -0.137. The van der Waals surface area contributed by atoms with Crippen LogP contribution in [0, 0.1) is 0 Å². The molecule has 3 aromatic rings. The molecule has 0 aliphatic carbocycles. The Labute approximate surface area is 147 Å². The Kier molecular flexibility index (Phi) is 4.36. The van der Waals surface area contributed by atoms with Crippen molar-refractivity contribution in [3.05, 3.63) is 48.7 Å². The van der Waals surface area contributed by atoms with Crippen LogP contribution in [0.1, 0.15) is 0 Å². The van der Waals surface area contributed by atoms with Crippen LogP contribution in [0.15, 0.2) is 53.0 Å². The number of hydrogen-bond donors (Lipinski definition) is 0. The van der Waals surface area contributed by atoms with E-state index in [0.717, 1.165) is 14.6 Å². The third-order valence-corrected chi connectivity index (χ3v) is 5.88. The van der Waals surface area contributed by atoms with Gasteiger partial charge in [-0.15, -0.1) is 11.3 Å². The fourth-order valence-corrected chi connectivity index (χ4v) is 4.40. The first-order chi connectivity index (χ1) is 11.8. The van der Waals surface area contributed by atoms with E-state index in [1.54, 1.807) is 17.5 Å². The number of nitrogens with zero attached hydrogens (tertiary/aromatic N) is 3. The highest BCUT2D eigenvalue weighted by Crippen LogP contribution is 2.29. The molecule has 122 valence electrons. The molecule has 7 heteroatoms. The van der Waals surface area contributed by atoms with Crippen molar-refractivity contribution in [3.8, 4) is 5.88 Å². The van der Waals surface area contributed by atoms with Crippen LogP contribution in [0.3, 0.4) is 0 Å². The number of fused-ring (bicyclic) bond motifs is 1. The summed E-state index contributed by atoms with van der Waals surface area (Å²) in [6.07, 6.45) is 1.74. The molecule has 0 saturated carbocycles. The van der Waals surface area contributed by atoms with Crippen LogP contribution in [0.5, 0.6) is 5.88 Å². The molecule has 1 amide bonds. The van der Waals surface area contributed by atoms with Crippen molar-refractivity contribution in [2.24, 2.45) is 0 Å². The van der Waals surface area contributed by atoms with Gasteiger partial charge in [0.25, 0.3) is 0 Å². The lowest BCUT2D eigenvalue weighted by Gasteiger charge is -2.38. The number of likely N-dealkylation sites (tertiary alicyclic amines) is 1. The molecule has 0 radical (unpaired) electrons. The van der Waals surface area contributed by atoms with Gasteiger partial charge in [-0.2, -0.15) is 0 Å². The van der Waals surface area contributed by atoms with Crippen molar-refractivity contribution in [1.82, 2.24) is 14.9 Å². The minimum atomic E-state index is 0.0382. The van der Waals surface area contributed by atoms with Gasteiger partial charge in [0.2, 0.25) is 11.8 Å². The number of amides is 1. The summed E-state index contributed by atoms with van der Waals surface area (Å²) in [5.41, 5.74) is 0.991. The molecule has 1 saturated heterocycles. The van der Waals surface area contributed by atoms with E-state index in [9.17, 15) is 4.79 Å². The van der Waals surface area contributed by atoms with Gasteiger partial charge in [0.05, 0.1) is 29.1 Å². The number of ether oxygens (including phenoxy) is 1. The fourth-order valence-electron chi connectivity index (χ4n) is 2.43.